The van der Waals surface area contributed by atoms with Crippen LogP contribution in [0.15, 0.2) is 29.3 Å². The molecule has 1 aliphatic carbocycles. The van der Waals surface area contributed by atoms with E-state index >= 15 is 0 Å². The molecule has 0 atom stereocenters. The molecule has 0 aromatic heterocycles. The Balaban J connectivity index is 1.90. The molecule has 0 saturated heterocycles. The van der Waals surface area contributed by atoms with Crippen LogP contribution < -0.4 is 5.32 Å². The number of nitrogens with one attached hydrogen (secondary N) is 1. The van der Waals surface area contributed by atoms with Gasteiger partial charge in [-0.1, -0.05) is 36.2 Å². The van der Waals surface area contributed by atoms with Crippen LogP contribution in [0.4, 0.5) is 0 Å². The minimum atomic E-state index is -0.538. The summed E-state index contributed by atoms with van der Waals surface area (Å²) in [6.45, 7) is 5.95. The second-order valence-electron chi connectivity index (χ2n) is 7.48. The van der Waals surface area contributed by atoms with Gasteiger partial charge in [-0.25, -0.2) is 0 Å². The normalized spacial score (nSPS) is 19.4. The van der Waals surface area contributed by atoms with Gasteiger partial charge < -0.3 is 10.2 Å². The Morgan fingerprint density at radius 2 is 1.84 bits per heavy atom. The third-order valence-electron chi connectivity index (χ3n) is 5.00. The highest BCUT2D eigenvalue weighted by Crippen LogP contribution is 2.39. The van der Waals surface area contributed by atoms with Crippen molar-refractivity contribution in [1.29, 1.82) is 0 Å². The first-order valence-electron chi connectivity index (χ1n) is 9.19. The van der Waals surface area contributed by atoms with Crippen molar-refractivity contribution in [3.63, 3.8) is 0 Å². The van der Waals surface area contributed by atoms with E-state index in [1.165, 1.54) is 0 Å². The van der Waals surface area contributed by atoms with Crippen molar-refractivity contribution in [2.24, 2.45) is 4.99 Å². The third-order valence-corrected chi connectivity index (χ3v) is 5.00. The molecule has 1 aromatic rings. The lowest BCUT2D eigenvalue weighted by molar-refractivity contribution is -0.136. The monoisotopic (exact) mass is 341 g/mol. The minimum Gasteiger partial charge on any atom is -0.352 e. The fraction of sp³-hybridized carbons (Fsp3) is 0.550. The molecule has 1 aliphatic heterocycles. The molecule has 1 N–H and O–H groups in total. The number of aliphatic imine (C=N–C) groups is 1. The molecular formula is C20H27N3O2. The Labute approximate surface area is 149 Å². The SMILES string of the molecule is Cc1ccc(C2=NC3(CCCCC3)N(CC(=O)NC(C)C)C2=O)cc1. The maximum Gasteiger partial charge on any atom is 0.275 e. The Morgan fingerprint density at radius 3 is 2.44 bits per heavy atom. The number of hydrogen-bond donors (Lipinski definition) is 1. The number of carbonyl (C=O) groups excluding carboxylic acids is 2. The molecular weight excluding hydrogens is 314 g/mol. The first-order chi connectivity index (χ1) is 11.9. The zero-order valence-corrected chi connectivity index (χ0v) is 15.3. The van der Waals surface area contributed by atoms with Crippen molar-refractivity contribution in [3.8, 4) is 0 Å². The highest BCUT2D eigenvalue weighted by Gasteiger charge is 2.48. The van der Waals surface area contributed by atoms with Crippen LogP contribution in [0.2, 0.25) is 0 Å². The fourth-order valence-corrected chi connectivity index (χ4v) is 3.76. The van der Waals surface area contributed by atoms with E-state index in [0.29, 0.717) is 5.71 Å². The van der Waals surface area contributed by atoms with Gasteiger partial charge in [0.05, 0.1) is 0 Å². The number of carbonyl (C=O) groups is 2. The number of aryl methyl sites for hydroxylation is 1. The van der Waals surface area contributed by atoms with Crippen LogP contribution in [0.25, 0.3) is 0 Å². The topological polar surface area (TPSA) is 61.8 Å². The van der Waals surface area contributed by atoms with Gasteiger partial charge in [0.1, 0.15) is 17.9 Å². The number of amides is 2. The van der Waals surface area contributed by atoms with Crippen molar-refractivity contribution < 1.29 is 9.59 Å². The van der Waals surface area contributed by atoms with E-state index in [2.05, 4.69) is 5.32 Å². The lowest BCUT2D eigenvalue weighted by atomic mass is 9.88. The summed E-state index contributed by atoms with van der Waals surface area (Å²) in [6, 6.07) is 7.94. The first kappa shape index (κ1) is 17.6. The molecule has 1 heterocycles. The van der Waals surface area contributed by atoms with Crippen LogP contribution in [-0.4, -0.2) is 40.7 Å². The van der Waals surface area contributed by atoms with E-state index in [0.717, 1.165) is 43.2 Å². The van der Waals surface area contributed by atoms with Gasteiger partial charge >= 0.3 is 0 Å². The zero-order chi connectivity index (χ0) is 18.0. The van der Waals surface area contributed by atoms with Crippen LogP contribution >= 0.6 is 0 Å². The van der Waals surface area contributed by atoms with Crippen LogP contribution in [0.1, 0.15) is 57.1 Å². The molecule has 5 heteroatoms. The summed E-state index contributed by atoms with van der Waals surface area (Å²) < 4.78 is 0. The Morgan fingerprint density at radius 1 is 1.20 bits per heavy atom. The van der Waals surface area contributed by atoms with Gasteiger partial charge in [-0.3, -0.25) is 14.6 Å². The maximum absolute atomic E-state index is 13.1. The van der Waals surface area contributed by atoms with Gasteiger partial charge in [-0.05, 0) is 46.5 Å². The molecule has 0 unspecified atom stereocenters. The van der Waals surface area contributed by atoms with Gasteiger partial charge in [0.15, 0.2) is 0 Å². The zero-order valence-electron chi connectivity index (χ0n) is 15.3. The molecule has 1 saturated carbocycles. The smallest absolute Gasteiger partial charge is 0.275 e. The average molecular weight is 341 g/mol. The number of rotatable bonds is 4. The number of nitrogens with zero attached hydrogens (tertiary/aromatic N) is 2. The van der Waals surface area contributed by atoms with Crippen LogP contribution in [0.5, 0.6) is 0 Å². The molecule has 1 aromatic carbocycles. The number of benzene rings is 1. The lowest BCUT2D eigenvalue weighted by Crippen LogP contribution is -2.52. The second-order valence-corrected chi connectivity index (χ2v) is 7.48. The van der Waals surface area contributed by atoms with Crippen molar-refractivity contribution in [2.75, 3.05) is 6.54 Å². The van der Waals surface area contributed by atoms with E-state index in [4.69, 9.17) is 4.99 Å². The fourth-order valence-electron chi connectivity index (χ4n) is 3.76. The molecule has 1 spiro atoms. The molecule has 1 fully saturated rings. The highest BCUT2D eigenvalue weighted by molar-refractivity contribution is 6.47. The van der Waals surface area contributed by atoms with E-state index in [9.17, 15) is 9.59 Å². The summed E-state index contributed by atoms with van der Waals surface area (Å²) in [4.78, 5) is 32.0. The molecule has 134 valence electrons. The van der Waals surface area contributed by atoms with Crippen molar-refractivity contribution in [2.45, 2.75) is 64.6 Å². The predicted octanol–water partition coefficient (Wildman–Crippen LogP) is 2.81. The van der Waals surface area contributed by atoms with Gasteiger partial charge in [-0.2, -0.15) is 0 Å². The van der Waals surface area contributed by atoms with Crippen molar-refractivity contribution in [3.05, 3.63) is 35.4 Å². The summed E-state index contributed by atoms with van der Waals surface area (Å²) in [5.41, 5.74) is 1.95. The van der Waals surface area contributed by atoms with E-state index in [1.807, 2.05) is 45.0 Å². The molecule has 0 bridgehead atoms. The highest BCUT2D eigenvalue weighted by atomic mass is 16.2. The van der Waals surface area contributed by atoms with E-state index in [1.54, 1.807) is 4.90 Å². The quantitative estimate of drug-likeness (QED) is 0.915. The molecule has 5 nitrogen and oxygen atoms in total. The first-order valence-corrected chi connectivity index (χ1v) is 9.19. The second kappa shape index (κ2) is 6.98. The standard InChI is InChI=1S/C20H27N3O2/c1-14(2)21-17(24)13-23-19(25)18(16-9-7-15(3)8-10-16)22-20(23)11-5-4-6-12-20/h7-10,14H,4-6,11-13H2,1-3H3,(H,21,24). The predicted molar refractivity (Wildman–Crippen MR) is 98.5 cm³/mol. The molecule has 3 rings (SSSR count). The number of hydrogen-bond acceptors (Lipinski definition) is 3. The van der Waals surface area contributed by atoms with Gasteiger partial charge in [-0.15, -0.1) is 0 Å². The van der Waals surface area contributed by atoms with Crippen LogP contribution in [-0.2, 0) is 9.59 Å². The maximum atomic E-state index is 13.1. The minimum absolute atomic E-state index is 0.0602. The van der Waals surface area contributed by atoms with Crippen molar-refractivity contribution in [1.82, 2.24) is 10.2 Å². The van der Waals surface area contributed by atoms with Gasteiger partial charge in [0.2, 0.25) is 5.91 Å². The summed E-state index contributed by atoms with van der Waals surface area (Å²) >= 11 is 0. The van der Waals surface area contributed by atoms with Crippen molar-refractivity contribution >= 4 is 17.5 Å². The molecule has 25 heavy (non-hydrogen) atoms. The summed E-state index contributed by atoms with van der Waals surface area (Å²) in [6.07, 6.45) is 4.92. The van der Waals surface area contributed by atoms with Crippen LogP contribution in [0, 0.1) is 6.92 Å². The van der Waals surface area contributed by atoms with E-state index < -0.39 is 5.66 Å². The molecule has 2 aliphatic rings. The molecule has 2 amide bonds. The summed E-state index contributed by atoms with van der Waals surface area (Å²) in [7, 11) is 0. The average Bonchev–Trinajstić information content (AvgIpc) is 2.81. The Bertz CT molecular complexity index is 685. The van der Waals surface area contributed by atoms with E-state index in [-0.39, 0.29) is 24.4 Å². The summed E-state index contributed by atoms with van der Waals surface area (Å²) in [5, 5.41) is 2.89. The third kappa shape index (κ3) is 3.60. The Kier molecular flexibility index (Phi) is 4.93. The van der Waals surface area contributed by atoms with Gasteiger partial charge in [0, 0.05) is 11.6 Å². The van der Waals surface area contributed by atoms with Crippen LogP contribution in [0.3, 0.4) is 0 Å². The van der Waals surface area contributed by atoms with Gasteiger partial charge in [0.25, 0.3) is 5.91 Å². The lowest BCUT2D eigenvalue weighted by Gasteiger charge is -2.38. The summed E-state index contributed by atoms with van der Waals surface area (Å²) in [5.74, 6) is -0.238. The molecule has 0 radical (unpaired) electrons. The Hall–Kier alpha value is -2.17. The largest absolute Gasteiger partial charge is 0.352 e.